The van der Waals surface area contributed by atoms with Gasteiger partial charge in [-0.3, -0.25) is 4.79 Å². The fourth-order valence-corrected chi connectivity index (χ4v) is 2.57. The van der Waals surface area contributed by atoms with Gasteiger partial charge in [0.05, 0.1) is 0 Å². The van der Waals surface area contributed by atoms with Gasteiger partial charge in [0.2, 0.25) is 0 Å². The van der Waals surface area contributed by atoms with E-state index in [1.54, 1.807) is 12.1 Å². The van der Waals surface area contributed by atoms with Crippen LogP contribution < -0.4 is 16.4 Å². The summed E-state index contributed by atoms with van der Waals surface area (Å²) >= 11 is 0. The van der Waals surface area contributed by atoms with Crippen molar-refractivity contribution >= 4 is 35.8 Å². The van der Waals surface area contributed by atoms with E-state index in [1.807, 2.05) is 6.92 Å². The molecule has 0 aliphatic heterocycles. The number of guanidine groups is 1. The number of furan rings is 1. The zero-order chi connectivity index (χ0) is 16.5. The fourth-order valence-electron chi connectivity index (χ4n) is 2.57. The first-order chi connectivity index (χ1) is 11.2. The van der Waals surface area contributed by atoms with Gasteiger partial charge in [0.15, 0.2) is 11.7 Å². The number of nitrogens with zero attached hydrogens (tertiary/aromatic N) is 1. The maximum atomic E-state index is 11.0. The summed E-state index contributed by atoms with van der Waals surface area (Å²) in [5.74, 6) is 0.968. The van der Waals surface area contributed by atoms with E-state index in [2.05, 4.69) is 21.7 Å². The van der Waals surface area contributed by atoms with Gasteiger partial charge in [-0.05, 0) is 51.2 Å². The van der Waals surface area contributed by atoms with E-state index in [0.717, 1.165) is 25.5 Å². The highest BCUT2D eigenvalue weighted by Crippen LogP contribution is 2.19. The number of primary amides is 1. The average Bonchev–Trinajstić information content (AvgIpc) is 3.03. The molecule has 0 atom stereocenters. The summed E-state index contributed by atoms with van der Waals surface area (Å²) in [6.07, 6.45) is 8.47. The van der Waals surface area contributed by atoms with Crippen molar-refractivity contribution in [1.82, 2.24) is 10.6 Å². The minimum absolute atomic E-state index is 0. The molecule has 0 saturated heterocycles. The van der Waals surface area contributed by atoms with Gasteiger partial charge in [0, 0.05) is 13.1 Å². The molecule has 0 saturated carbocycles. The smallest absolute Gasteiger partial charge is 0.284 e. The topological polar surface area (TPSA) is 92.6 Å². The van der Waals surface area contributed by atoms with Gasteiger partial charge in [0.1, 0.15) is 12.3 Å². The summed E-state index contributed by atoms with van der Waals surface area (Å²) in [7, 11) is 0. The number of carbonyl (C=O) groups excluding carboxylic acids is 1. The first-order valence-corrected chi connectivity index (χ1v) is 8.27. The van der Waals surface area contributed by atoms with Crippen molar-refractivity contribution in [2.75, 3.05) is 13.1 Å². The molecule has 1 heterocycles. The molecule has 0 radical (unpaired) electrons. The van der Waals surface area contributed by atoms with Crippen molar-refractivity contribution in [3.63, 3.8) is 0 Å². The summed E-state index contributed by atoms with van der Waals surface area (Å²) in [5, 5.41) is 6.54. The SMILES string of the molecule is CCNC(=NCc1ccc(C(N)=O)o1)NCCC1=CCCCC1.I. The summed E-state index contributed by atoms with van der Waals surface area (Å²) < 4.78 is 5.33. The van der Waals surface area contributed by atoms with E-state index in [9.17, 15) is 4.79 Å². The van der Waals surface area contributed by atoms with Gasteiger partial charge >= 0.3 is 0 Å². The lowest BCUT2D eigenvalue weighted by atomic mass is 9.97. The Balaban J connectivity index is 0.00000288. The molecular weight excluding hydrogens is 419 g/mol. The largest absolute Gasteiger partial charge is 0.454 e. The van der Waals surface area contributed by atoms with Crippen molar-refractivity contribution in [3.8, 4) is 0 Å². The molecule has 1 aliphatic carbocycles. The fraction of sp³-hybridized carbons (Fsp3) is 0.529. The number of nitrogens with two attached hydrogens (primary N) is 1. The Hall–Kier alpha value is -1.51. The minimum Gasteiger partial charge on any atom is -0.454 e. The van der Waals surface area contributed by atoms with Crippen LogP contribution in [0.1, 0.15) is 55.3 Å². The van der Waals surface area contributed by atoms with Crippen molar-refractivity contribution in [3.05, 3.63) is 35.3 Å². The highest BCUT2D eigenvalue weighted by Gasteiger charge is 2.07. The van der Waals surface area contributed by atoms with Crippen LogP contribution in [0.2, 0.25) is 0 Å². The van der Waals surface area contributed by atoms with Crippen molar-refractivity contribution in [1.29, 1.82) is 0 Å². The zero-order valence-electron chi connectivity index (χ0n) is 14.1. The number of amides is 1. The van der Waals surface area contributed by atoms with Crippen LogP contribution in [-0.4, -0.2) is 25.0 Å². The van der Waals surface area contributed by atoms with E-state index in [0.29, 0.717) is 12.3 Å². The average molecular weight is 446 g/mol. The number of allylic oxidation sites excluding steroid dienone is 1. The number of hydrogen-bond acceptors (Lipinski definition) is 3. The third-order valence-electron chi connectivity index (χ3n) is 3.77. The molecule has 1 amide bonds. The lowest BCUT2D eigenvalue weighted by Gasteiger charge is -2.15. The predicted octanol–water partition coefficient (Wildman–Crippen LogP) is 2.94. The van der Waals surface area contributed by atoms with Crippen LogP contribution in [0.4, 0.5) is 0 Å². The maximum Gasteiger partial charge on any atom is 0.284 e. The normalized spacial score (nSPS) is 14.5. The standard InChI is InChI=1S/C17H26N4O2.HI/c1-2-19-17(20-11-10-13-6-4-3-5-7-13)21-12-14-8-9-15(23-14)16(18)22;/h6,8-9H,2-5,7,10-12H2,1H3,(H2,18,22)(H2,19,20,21);1H. The van der Waals surface area contributed by atoms with Gasteiger partial charge in [-0.25, -0.2) is 4.99 Å². The number of hydrogen-bond donors (Lipinski definition) is 3. The van der Waals surface area contributed by atoms with E-state index >= 15 is 0 Å². The molecule has 0 fully saturated rings. The third kappa shape index (κ3) is 6.94. The molecule has 134 valence electrons. The Morgan fingerprint density at radius 3 is 2.79 bits per heavy atom. The lowest BCUT2D eigenvalue weighted by Crippen LogP contribution is -2.37. The Morgan fingerprint density at radius 2 is 2.17 bits per heavy atom. The molecule has 0 aromatic carbocycles. The van der Waals surface area contributed by atoms with Crippen molar-refractivity contribution in [2.45, 2.75) is 45.6 Å². The number of rotatable bonds is 7. The zero-order valence-corrected chi connectivity index (χ0v) is 16.5. The quantitative estimate of drug-likeness (QED) is 0.260. The van der Waals surface area contributed by atoms with Crippen LogP contribution in [-0.2, 0) is 6.54 Å². The number of aliphatic imine (C=N–C) groups is 1. The molecule has 1 aliphatic rings. The molecular formula is C17H27IN4O2. The van der Waals surface area contributed by atoms with E-state index in [-0.39, 0.29) is 29.7 Å². The van der Waals surface area contributed by atoms with Crippen LogP contribution >= 0.6 is 24.0 Å². The Labute approximate surface area is 160 Å². The van der Waals surface area contributed by atoms with Gasteiger partial charge in [-0.1, -0.05) is 11.6 Å². The Morgan fingerprint density at radius 1 is 1.33 bits per heavy atom. The second-order valence-corrected chi connectivity index (χ2v) is 5.61. The minimum atomic E-state index is -0.564. The van der Waals surface area contributed by atoms with Crippen LogP contribution in [0, 0.1) is 0 Å². The molecule has 0 unspecified atom stereocenters. The molecule has 7 heteroatoms. The number of nitrogens with one attached hydrogen (secondary N) is 2. The molecule has 2 rings (SSSR count). The van der Waals surface area contributed by atoms with E-state index in [4.69, 9.17) is 10.2 Å². The molecule has 0 spiro atoms. The van der Waals surface area contributed by atoms with Gasteiger partial charge in [-0.2, -0.15) is 0 Å². The maximum absolute atomic E-state index is 11.0. The second-order valence-electron chi connectivity index (χ2n) is 5.61. The number of halogens is 1. The molecule has 6 nitrogen and oxygen atoms in total. The first-order valence-electron chi connectivity index (χ1n) is 8.27. The molecule has 1 aromatic heterocycles. The third-order valence-corrected chi connectivity index (χ3v) is 3.77. The molecule has 1 aromatic rings. The van der Waals surface area contributed by atoms with Gasteiger partial charge in [-0.15, -0.1) is 24.0 Å². The molecule has 4 N–H and O–H groups in total. The van der Waals surface area contributed by atoms with E-state index < -0.39 is 5.91 Å². The second kappa shape index (κ2) is 11.1. The highest BCUT2D eigenvalue weighted by molar-refractivity contribution is 14.0. The Bertz CT molecular complexity index is 581. The summed E-state index contributed by atoms with van der Waals surface area (Å²) in [6.45, 7) is 4.05. The van der Waals surface area contributed by atoms with Crippen LogP contribution in [0.5, 0.6) is 0 Å². The van der Waals surface area contributed by atoms with Crippen LogP contribution in [0.25, 0.3) is 0 Å². The summed E-state index contributed by atoms with van der Waals surface area (Å²) in [5.41, 5.74) is 6.71. The molecule has 0 bridgehead atoms. The number of carbonyl (C=O) groups is 1. The van der Waals surface area contributed by atoms with Crippen LogP contribution in [0.3, 0.4) is 0 Å². The monoisotopic (exact) mass is 446 g/mol. The van der Waals surface area contributed by atoms with Crippen molar-refractivity contribution in [2.24, 2.45) is 10.7 Å². The molecule has 24 heavy (non-hydrogen) atoms. The first kappa shape index (κ1) is 20.5. The summed E-state index contributed by atoms with van der Waals surface area (Å²) in [6, 6.07) is 3.29. The van der Waals surface area contributed by atoms with Crippen LogP contribution in [0.15, 0.2) is 33.2 Å². The van der Waals surface area contributed by atoms with Gasteiger partial charge in [0.25, 0.3) is 5.91 Å². The van der Waals surface area contributed by atoms with Crippen molar-refractivity contribution < 1.29 is 9.21 Å². The summed E-state index contributed by atoms with van der Waals surface area (Å²) in [4.78, 5) is 15.5. The highest BCUT2D eigenvalue weighted by atomic mass is 127. The van der Waals surface area contributed by atoms with E-state index in [1.165, 1.54) is 31.3 Å². The predicted molar refractivity (Wildman–Crippen MR) is 107 cm³/mol. The Kier molecular flexibility index (Phi) is 9.51. The van der Waals surface area contributed by atoms with Gasteiger partial charge < -0.3 is 20.8 Å². The lowest BCUT2D eigenvalue weighted by molar-refractivity contribution is 0.0972.